The predicted octanol–water partition coefficient (Wildman–Crippen LogP) is 14.2. The molecule has 0 aliphatic carbocycles. The van der Waals surface area contributed by atoms with Crippen molar-refractivity contribution in [2.75, 3.05) is 40.9 Å². The molecule has 3 atom stereocenters. The number of carbonyl (C=O) groups excluding carboxylic acids is 1. The SMILES string of the molecule is CCCCC/C=C\C/C=C\CCCCCCCCCCCC(=O)NC(COP(=O)(O)OCC[N+](C)(C)C)C(O)/C=C/CC/C=C/CC/C=C/CCCCCCCCCCC. The Morgan fingerprint density at radius 1 is 0.567 bits per heavy atom. The number of unbranched alkanes of at least 4 members (excludes halogenated alkanes) is 23. The van der Waals surface area contributed by atoms with Crippen LogP contribution in [0, 0.1) is 0 Å². The van der Waals surface area contributed by atoms with E-state index in [4.69, 9.17) is 9.05 Å². The minimum Gasteiger partial charge on any atom is -0.387 e. The largest absolute Gasteiger partial charge is 0.472 e. The summed E-state index contributed by atoms with van der Waals surface area (Å²) in [7, 11) is 1.54. The molecule has 9 heteroatoms. The van der Waals surface area contributed by atoms with Gasteiger partial charge in [0.25, 0.3) is 0 Å². The molecule has 3 N–H and O–H groups in total. The van der Waals surface area contributed by atoms with E-state index in [2.05, 4.69) is 67.8 Å². The molecular weight excluding hydrogens is 768 g/mol. The third kappa shape index (κ3) is 44.3. The van der Waals surface area contributed by atoms with Gasteiger partial charge in [0.05, 0.1) is 39.9 Å². The van der Waals surface area contributed by atoms with Gasteiger partial charge in [-0.25, -0.2) is 4.57 Å². The first-order valence-corrected chi connectivity index (χ1v) is 26.2. The second-order valence-corrected chi connectivity index (χ2v) is 19.3. The van der Waals surface area contributed by atoms with Gasteiger partial charge >= 0.3 is 7.82 Å². The maximum atomic E-state index is 12.9. The molecule has 0 aromatic rings. The van der Waals surface area contributed by atoms with E-state index in [9.17, 15) is 19.4 Å². The average molecular weight is 864 g/mol. The van der Waals surface area contributed by atoms with Crippen LogP contribution in [0.1, 0.15) is 206 Å². The summed E-state index contributed by atoms with van der Waals surface area (Å²) in [6.07, 6.45) is 55.8. The molecule has 0 aliphatic heterocycles. The summed E-state index contributed by atoms with van der Waals surface area (Å²) in [5.41, 5.74) is 0. The van der Waals surface area contributed by atoms with Crippen molar-refractivity contribution in [2.45, 2.75) is 219 Å². The van der Waals surface area contributed by atoms with Crippen LogP contribution in [0.5, 0.6) is 0 Å². The molecule has 0 bridgehead atoms. The van der Waals surface area contributed by atoms with Gasteiger partial charge in [-0.1, -0.05) is 184 Å². The van der Waals surface area contributed by atoms with Crippen molar-refractivity contribution in [2.24, 2.45) is 0 Å². The van der Waals surface area contributed by atoms with Gasteiger partial charge in [0.1, 0.15) is 13.2 Å². The Hall–Kier alpha value is -1.80. The van der Waals surface area contributed by atoms with Gasteiger partial charge in [0.15, 0.2) is 0 Å². The van der Waals surface area contributed by atoms with Crippen molar-refractivity contribution in [3.63, 3.8) is 0 Å². The quantitative estimate of drug-likeness (QED) is 0.0244. The topological polar surface area (TPSA) is 105 Å². The Morgan fingerprint density at radius 2 is 0.967 bits per heavy atom. The molecule has 0 aliphatic rings. The number of aliphatic hydroxyl groups is 1. The fraction of sp³-hybridized carbons (Fsp3) is 0.784. The number of hydrogen-bond donors (Lipinski definition) is 3. The highest BCUT2D eigenvalue weighted by Gasteiger charge is 2.27. The lowest BCUT2D eigenvalue weighted by molar-refractivity contribution is -0.870. The first-order valence-electron chi connectivity index (χ1n) is 24.7. The van der Waals surface area contributed by atoms with E-state index in [0.717, 1.165) is 51.4 Å². The normalized spacial score (nSPS) is 14.7. The van der Waals surface area contributed by atoms with Gasteiger partial charge in [-0.2, -0.15) is 0 Å². The van der Waals surface area contributed by atoms with Gasteiger partial charge in [0, 0.05) is 6.42 Å². The number of likely N-dealkylation sites (N-methyl/N-ethyl adjacent to an activating group) is 1. The van der Waals surface area contributed by atoms with Crippen LogP contribution in [0.2, 0.25) is 0 Å². The third-order valence-corrected chi connectivity index (χ3v) is 11.7. The molecule has 8 nitrogen and oxygen atoms in total. The zero-order valence-electron chi connectivity index (χ0n) is 39.7. The number of nitrogens with one attached hydrogen (secondary N) is 1. The Labute approximate surface area is 371 Å². The minimum absolute atomic E-state index is 0.0507. The van der Waals surface area contributed by atoms with Gasteiger partial charge in [-0.05, 0) is 77.0 Å². The standard InChI is InChI=1S/C51H95N2O6P/c1-6-8-10-12-14-16-18-20-22-24-26-28-30-32-34-36-38-40-42-44-50(54)49(48-59-60(56,57)58-47-46-53(3,4)5)52-51(55)45-43-41-39-37-35-33-31-29-27-25-23-21-19-17-15-13-11-9-7-2/h15,17,21,23,26,28,34,36,42,44,49-50,54H,6-14,16,18-20,22,24-25,27,29-33,35,37-41,43,45-48H2,1-5H3,(H-,52,55,56,57)/p+1/b17-15-,23-21-,28-26+,36-34+,44-42+. The number of quaternary nitrogens is 1. The van der Waals surface area contributed by atoms with Crippen LogP contribution >= 0.6 is 7.82 Å². The summed E-state index contributed by atoms with van der Waals surface area (Å²) in [6.45, 7) is 4.75. The second-order valence-electron chi connectivity index (χ2n) is 17.8. The lowest BCUT2D eigenvalue weighted by Gasteiger charge is -2.25. The highest BCUT2D eigenvalue weighted by molar-refractivity contribution is 7.47. The van der Waals surface area contributed by atoms with Crippen LogP contribution in [0.15, 0.2) is 60.8 Å². The van der Waals surface area contributed by atoms with Crippen LogP contribution in [0.25, 0.3) is 0 Å². The predicted molar refractivity (Wildman–Crippen MR) is 258 cm³/mol. The Balaban J connectivity index is 4.44. The van der Waals surface area contributed by atoms with Crippen molar-refractivity contribution >= 4 is 13.7 Å². The van der Waals surface area contributed by atoms with Crippen LogP contribution in [-0.4, -0.2) is 73.4 Å². The summed E-state index contributed by atoms with van der Waals surface area (Å²) < 4.78 is 23.6. The summed E-state index contributed by atoms with van der Waals surface area (Å²) in [5.74, 6) is -0.197. The third-order valence-electron chi connectivity index (χ3n) is 10.7. The highest BCUT2D eigenvalue weighted by Crippen LogP contribution is 2.43. The van der Waals surface area contributed by atoms with Gasteiger partial charge < -0.3 is 19.8 Å². The maximum Gasteiger partial charge on any atom is 0.472 e. The smallest absolute Gasteiger partial charge is 0.387 e. The van der Waals surface area contributed by atoms with Crippen LogP contribution < -0.4 is 5.32 Å². The Kier molecular flexibility index (Phi) is 41.2. The monoisotopic (exact) mass is 864 g/mol. The van der Waals surface area contributed by atoms with Crippen LogP contribution in [0.4, 0.5) is 0 Å². The molecule has 0 aromatic carbocycles. The fourth-order valence-electron chi connectivity index (χ4n) is 6.75. The number of aliphatic hydroxyl groups excluding tert-OH is 1. The minimum atomic E-state index is -4.36. The summed E-state index contributed by atoms with van der Waals surface area (Å²) in [5, 5.41) is 13.8. The van der Waals surface area contributed by atoms with Crippen molar-refractivity contribution in [1.29, 1.82) is 0 Å². The van der Waals surface area contributed by atoms with E-state index < -0.39 is 20.0 Å². The molecule has 60 heavy (non-hydrogen) atoms. The first-order chi connectivity index (χ1) is 29.0. The molecule has 0 aromatic heterocycles. The number of carbonyl (C=O) groups is 1. The molecular formula is C51H96N2O6P+. The number of rotatable bonds is 44. The number of phosphoric ester groups is 1. The first kappa shape index (κ1) is 58.2. The molecule has 0 radical (unpaired) electrons. The maximum absolute atomic E-state index is 12.9. The average Bonchev–Trinajstić information content (AvgIpc) is 3.20. The van der Waals surface area contributed by atoms with Crippen LogP contribution in [0.3, 0.4) is 0 Å². The van der Waals surface area contributed by atoms with E-state index in [1.807, 2.05) is 27.2 Å². The molecule has 1 amide bonds. The molecule has 0 rings (SSSR count). The van der Waals surface area contributed by atoms with Gasteiger partial charge in [-0.15, -0.1) is 0 Å². The molecule has 0 heterocycles. The number of nitrogens with zero attached hydrogens (tertiary/aromatic N) is 1. The Bertz CT molecular complexity index is 1160. The lowest BCUT2D eigenvalue weighted by atomic mass is 10.1. The van der Waals surface area contributed by atoms with Crippen molar-refractivity contribution in [1.82, 2.24) is 5.32 Å². The van der Waals surface area contributed by atoms with Crippen molar-refractivity contribution in [3.8, 4) is 0 Å². The summed E-state index contributed by atoms with van der Waals surface area (Å²) >= 11 is 0. The van der Waals surface area contributed by atoms with Crippen molar-refractivity contribution in [3.05, 3.63) is 60.8 Å². The zero-order valence-corrected chi connectivity index (χ0v) is 40.6. The molecule has 0 saturated heterocycles. The number of phosphoric acid groups is 1. The van der Waals surface area contributed by atoms with Crippen molar-refractivity contribution < 1.29 is 32.9 Å². The summed E-state index contributed by atoms with van der Waals surface area (Å²) in [6, 6.07) is -0.873. The number of hydrogen-bond acceptors (Lipinski definition) is 5. The Morgan fingerprint density at radius 3 is 1.47 bits per heavy atom. The number of allylic oxidation sites excluding steroid dienone is 9. The van der Waals surface area contributed by atoms with E-state index in [1.54, 1.807) is 6.08 Å². The molecule has 350 valence electrons. The second kappa shape index (κ2) is 42.5. The van der Waals surface area contributed by atoms with Crippen LogP contribution in [-0.2, 0) is 18.4 Å². The summed E-state index contributed by atoms with van der Waals surface area (Å²) in [4.78, 5) is 23.2. The fourth-order valence-corrected chi connectivity index (χ4v) is 7.49. The lowest BCUT2D eigenvalue weighted by Crippen LogP contribution is -2.45. The molecule has 0 fully saturated rings. The molecule has 3 unspecified atom stereocenters. The van der Waals surface area contributed by atoms with Gasteiger partial charge in [0.2, 0.25) is 5.91 Å². The zero-order chi connectivity index (χ0) is 44.3. The van der Waals surface area contributed by atoms with E-state index >= 15 is 0 Å². The number of amides is 1. The van der Waals surface area contributed by atoms with E-state index in [0.29, 0.717) is 17.4 Å². The molecule has 0 saturated carbocycles. The van der Waals surface area contributed by atoms with E-state index in [-0.39, 0.29) is 19.1 Å². The molecule has 0 spiro atoms. The highest BCUT2D eigenvalue weighted by atomic mass is 31.2. The van der Waals surface area contributed by atoms with Gasteiger partial charge in [-0.3, -0.25) is 13.8 Å². The van der Waals surface area contributed by atoms with E-state index in [1.165, 1.54) is 135 Å².